The Labute approximate surface area is 172 Å². The summed E-state index contributed by atoms with van der Waals surface area (Å²) in [7, 11) is 5.03. The van der Waals surface area contributed by atoms with E-state index < -0.39 is 0 Å². The largest absolute Gasteiger partial charge is 0.493 e. The summed E-state index contributed by atoms with van der Waals surface area (Å²) < 4.78 is 10.6. The van der Waals surface area contributed by atoms with E-state index in [0.717, 1.165) is 41.7 Å². The molecule has 0 atom stereocenters. The zero-order valence-corrected chi connectivity index (χ0v) is 18.0. The lowest BCUT2D eigenvalue weighted by atomic mass is 10.2. The first-order chi connectivity index (χ1) is 12.2. The lowest BCUT2D eigenvalue weighted by Crippen LogP contribution is -2.37. The van der Waals surface area contributed by atoms with Gasteiger partial charge in [0.25, 0.3) is 0 Å². The molecule has 142 valence electrons. The van der Waals surface area contributed by atoms with Crippen LogP contribution in [0.5, 0.6) is 11.5 Å². The van der Waals surface area contributed by atoms with Crippen molar-refractivity contribution in [2.75, 3.05) is 27.8 Å². The molecule has 0 saturated carbocycles. The van der Waals surface area contributed by atoms with Crippen LogP contribution in [0.2, 0.25) is 0 Å². The minimum atomic E-state index is 0. The van der Waals surface area contributed by atoms with Gasteiger partial charge in [-0.1, -0.05) is 12.1 Å². The topological polar surface area (TPSA) is 67.8 Å². The molecule has 0 aliphatic carbocycles. The van der Waals surface area contributed by atoms with Crippen LogP contribution in [0.3, 0.4) is 0 Å². The van der Waals surface area contributed by atoms with E-state index in [-0.39, 0.29) is 24.0 Å². The molecule has 0 aliphatic heterocycles. The highest BCUT2D eigenvalue weighted by atomic mass is 127. The number of nitrogens with one attached hydrogen (secondary N) is 2. The molecule has 0 amide bonds. The van der Waals surface area contributed by atoms with E-state index in [1.807, 2.05) is 37.4 Å². The first kappa shape index (κ1) is 22.0. The summed E-state index contributed by atoms with van der Waals surface area (Å²) in [5, 5.41) is 6.61. The number of benzene rings is 1. The van der Waals surface area contributed by atoms with Crippen LogP contribution in [-0.4, -0.2) is 38.8 Å². The number of pyridine rings is 1. The zero-order valence-electron chi connectivity index (χ0n) is 15.7. The molecule has 2 aromatic rings. The SMILES string of the molecule is CN=C(NCCc1ccc(C)nc1)NCc1ccc(OC)c(OC)c1.I. The number of halogens is 1. The number of hydrogen-bond acceptors (Lipinski definition) is 4. The van der Waals surface area contributed by atoms with Gasteiger partial charge in [0, 0.05) is 32.0 Å². The van der Waals surface area contributed by atoms with Gasteiger partial charge in [-0.3, -0.25) is 9.98 Å². The molecule has 1 aromatic carbocycles. The molecule has 2 N–H and O–H groups in total. The van der Waals surface area contributed by atoms with Gasteiger partial charge in [0.2, 0.25) is 0 Å². The molecular weight excluding hydrogens is 443 g/mol. The monoisotopic (exact) mass is 470 g/mol. The summed E-state index contributed by atoms with van der Waals surface area (Å²) in [5.41, 5.74) is 3.32. The van der Waals surface area contributed by atoms with Crippen LogP contribution in [-0.2, 0) is 13.0 Å². The molecule has 0 unspecified atom stereocenters. The van der Waals surface area contributed by atoms with Gasteiger partial charge in [0.05, 0.1) is 14.2 Å². The Kier molecular flexibility index (Phi) is 9.79. The molecule has 2 rings (SSSR count). The van der Waals surface area contributed by atoms with Crippen molar-refractivity contribution in [3.8, 4) is 11.5 Å². The minimum Gasteiger partial charge on any atom is -0.493 e. The molecule has 0 fully saturated rings. The Morgan fingerprint density at radius 3 is 2.38 bits per heavy atom. The van der Waals surface area contributed by atoms with Gasteiger partial charge in [-0.2, -0.15) is 0 Å². The standard InChI is InChI=1S/C19H26N4O2.HI/c1-14-5-6-15(12-22-14)9-10-21-19(20-2)23-13-16-7-8-17(24-3)18(11-16)25-4;/h5-8,11-12H,9-10,13H2,1-4H3,(H2,20,21,23);1H. The van der Waals surface area contributed by atoms with Gasteiger partial charge >= 0.3 is 0 Å². The van der Waals surface area contributed by atoms with Gasteiger partial charge in [-0.25, -0.2) is 0 Å². The van der Waals surface area contributed by atoms with Crippen LogP contribution in [0.1, 0.15) is 16.8 Å². The quantitative estimate of drug-likeness (QED) is 0.370. The minimum absolute atomic E-state index is 0. The molecule has 0 saturated heterocycles. The Hall–Kier alpha value is -2.03. The van der Waals surface area contributed by atoms with Crippen LogP contribution in [0.15, 0.2) is 41.5 Å². The number of hydrogen-bond donors (Lipinski definition) is 2. The van der Waals surface area contributed by atoms with Crippen molar-refractivity contribution in [1.29, 1.82) is 0 Å². The second-order valence-corrected chi connectivity index (χ2v) is 5.60. The number of aryl methyl sites for hydroxylation is 1. The highest BCUT2D eigenvalue weighted by Crippen LogP contribution is 2.27. The van der Waals surface area contributed by atoms with Crippen molar-refractivity contribution in [3.63, 3.8) is 0 Å². The van der Waals surface area contributed by atoms with Crippen LogP contribution < -0.4 is 20.1 Å². The second-order valence-electron chi connectivity index (χ2n) is 5.60. The van der Waals surface area contributed by atoms with Crippen molar-refractivity contribution in [3.05, 3.63) is 53.3 Å². The van der Waals surface area contributed by atoms with Crippen molar-refractivity contribution in [1.82, 2.24) is 15.6 Å². The molecule has 1 heterocycles. The highest BCUT2D eigenvalue weighted by molar-refractivity contribution is 14.0. The Bertz CT molecular complexity index is 705. The Balaban J connectivity index is 0.00000338. The normalized spacial score (nSPS) is 10.7. The van der Waals surface area contributed by atoms with E-state index in [1.54, 1.807) is 21.3 Å². The van der Waals surface area contributed by atoms with Crippen LogP contribution >= 0.6 is 24.0 Å². The maximum Gasteiger partial charge on any atom is 0.191 e. The number of aliphatic imine (C=N–C) groups is 1. The maximum atomic E-state index is 5.33. The third kappa shape index (κ3) is 6.70. The molecule has 0 bridgehead atoms. The van der Waals surface area contributed by atoms with Gasteiger partial charge in [0.1, 0.15) is 0 Å². The van der Waals surface area contributed by atoms with Crippen LogP contribution in [0.4, 0.5) is 0 Å². The predicted molar refractivity (Wildman–Crippen MR) is 116 cm³/mol. The number of methoxy groups -OCH3 is 2. The predicted octanol–water partition coefficient (Wildman–Crippen LogP) is 2.93. The average Bonchev–Trinajstić information content (AvgIpc) is 2.65. The van der Waals surface area contributed by atoms with E-state index in [4.69, 9.17) is 9.47 Å². The fraction of sp³-hybridized carbons (Fsp3) is 0.368. The van der Waals surface area contributed by atoms with Gasteiger partial charge in [0.15, 0.2) is 17.5 Å². The van der Waals surface area contributed by atoms with E-state index in [0.29, 0.717) is 6.54 Å². The van der Waals surface area contributed by atoms with E-state index in [1.165, 1.54) is 5.56 Å². The summed E-state index contributed by atoms with van der Waals surface area (Å²) in [6.07, 6.45) is 2.81. The first-order valence-electron chi connectivity index (χ1n) is 8.23. The van der Waals surface area contributed by atoms with Crippen molar-refractivity contribution in [2.24, 2.45) is 4.99 Å². The van der Waals surface area contributed by atoms with Crippen molar-refractivity contribution < 1.29 is 9.47 Å². The summed E-state index contributed by atoms with van der Waals surface area (Å²) >= 11 is 0. The Morgan fingerprint density at radius 2 is 1.77 bits per heavy atom. The molecular formula is C19H27IN4O2. The highest BCUT2D eigenvalue weighted by Gasteiger charge is 2.05. The zero-order chi connectivity index (χ0) is 18.1. The molecule has 0 aliphatic rings. The number of aromatic nitrogens is 1. The molecule has 26 heavy (non-hydrogen) atoms. The summed E-state index contributed by atoms with van der Waals surface area (Å²) in [6, 6.07) is 9.98. The van der Waals surface area contributed by atoms with Crippen LogP contribution in [0, 0.1) is 6.92 Å². The van der Waals surface area contributed by atoms with E-state index in [2.05, 4.69) is 26.7 Å². The third-order valence-electron chi connectivity index (χ3n) is 3.81. The fourth-order valence-electron chi connectivity index (χ4n) is 2.37. The number of nitrogens with zero attached hydrogens (tertiary/aromatic N) is 2. The van der Waals surface area contributed by atoms with Crippen molar-refractivity contribution >= 4 is 29.9 Å². The van der Waals surface area contributed by atoms with E-state index >= 15 is 0 Å². The number of guanidine groups is 1. The molecule has 0 spiro atoms. The summed E-state index contributed by atoms with van der Waals surface area (Å²) in [5.74, 6) is 2.20. The molecule has 0 radical (unpaired) electrons. The smallest absolute Gasteiger partial charge is 0.191 e. The fourth-order valence-corrected chi connectivity index (χ4v) is 2.37. The number of rotatable bonds is 7. The number of ether oxygens (including phenoxy) is 2. The molecule has 6 nitrogen and oxygen atoms in total. The molecule has 1 aromatic heterocycles. The average molecular weight is 470 g/mol. The van der Waals surface area contributed by atoms with Gasteiger partial charge in [-0.15, -0.1) is 24.0 Å². The van der Waals surface area contributed by atoms with Crippen molar-refractivity contribution in [2.45, 2.75) is 19.9 Å². The summed E-state index contributed by atoms with van der Waals surface area (Å²) in [4.78, 5) is 8.56. The lowest BCUT2D eigenvalue weighted by Gasteiger charge is -2.13. The van der Waals surface area contributed by atoms with Gasteiger partial charge < -0.3 is 20.1 Å². The van der Waals surface area contributed by atoms with Crippen LogP contribution in [0.25, 0.3) is 0 Å². The second kappa shape index (κ2) is 11.6. The first-order valence-corrected chi connectivity index (χ1v) is 8.23. The Morgan fingerprint density at radius 1 is 1.04 bits per heavy atom. The summed E-state index contributed by atoms with van der Waals surface area (Å²) in [6.45, 7) is 3.42. The third-order valence-corrected chi connectivity index (χ3v) is 3.81. The maximum absolute atomic E-state index is 5.33. The van der Waals surface area contributed by atoms with Gasteiger partial charge in [-0.05, 0) is 42.7 Å². The molecule has 7 heteroatoms. The van der Waals surface area contributed by atoms with E-state index in [9.17, 15) is 0 Å². The lowest BCUT2D eigenvalue weighted by molar-refractivity contribution is 0.354.